The van der Waals surface area contributed by atoms with Crippen LogP contribution in [-0.2, 0) is 25.7 Å². The molecular weight excluding hydrogens is 598 g/mol. The number of thiazole rings is 1. The third-order valence-corrected chi connectivity index (χ3v) is 10.8. The van der Waals surface area contributed by atoms with Gasteiger partial charge in [-0.25, -0.2) is 9.78 Å². The number of thioether (sulfide) groups is 1. The number of anilines is 1. The van der Waals surface area contributed by atoms with Gasteiger partial charge in [-0.2, -0.15) is 0 Å². The summed E-state index contributed by atoms with van der Waals surface area (Å²) in [5.41, 5.74) is 1.14. The molecule has 228 valence electrons. The summed E-state index contributed by atoms with van der Waals surface area (Å²) in [5, 5.41) is 23.9. The van der Waals surface area contributed by atoms with Crippen molar-refractivity contribution in [3.8, 4) is 0 Å². The molecule has 0 radical (unpaired) electrons. The lowest BCUT2D eigenvalue weighted by Crippen LogP contribution is -2.63. The van der Waals surface area contributed by atoms with E-state index in [2.05, 4.69) is 9.88 Å². The minimum absolute atomic E-state index is 0.0641. The standard InChI is InChI=1S/C28H31N5O8S2/c1-14-22-21(15(2)34)26(36)32(22)23(27(37)41-12-16-4-6-17(7-5-16)33(38)39)24(14)43-19-10-31(11-19)28-29-20(13-42-28)25(35)30-8-18(9-30)40-3/h4-7,13-15,18-19,21-22,34H,8-12H2,1-3H3/t14-,15-,21-,22-/m1/s1. The number of β-lactam (4-membered cyclic amide) rings is 1. The summed E-state index contributed by atoms with van der Waals surface area (Å²) in [6, 6.07) is 5.40. The van der Waals surface area contributed by atoms with Gasteiger partial charge in [0.05, 0.1) is 29.1 Å². The van der Waals surface area contributed by atoms with Crippen molar-refractivity contribution in [3.63, 3.8) is 0 Å². The molecule has 5 heterocycles. The minimum Gasteiger partial charge on any atom is -0.456 e. The van der Waals surface area contributed by atoms with E-state index in [-0.39, 0.29) is 53.1 Å². The fraction of sp³-hybridized carbons (Fsp3) is 0.500. The lowest BCUT2D eigenvalue weighted by Gasteiger charge is -2.46. The Labute approximate surface area is 255 Å². The predicted molar refractivity (Wildman–Crippen MR) is 157 cm³/mol. The normalized spacial score (nSPS) is 24.3. The Hall–Kier alpha value is -3.53. The molecule has 4 aliphatic rings. The van der Waals surface area contributed by atoms with Crippen molar-refractivity contribution in [3.05, 3.63) is 61.6 Å². The molecule has 0 spiro atoms. The highest BCUT2D eigenvalue weighted by Crippen LogP contribution is 2.52. The van der Waals surface area contributed by atoms with Crippen LogP contribution in [0.3, 0.4) is 0 Å². The Bertz CT molecular complexity index is 1480. The first-order chi connectivity index (χ1) is 20.6. The van der Waals surface area contributed by atoms with Crippen LogP contribution in [0.2, 0.25) is 0 Å². The number of carbonyl (C=O) groups excluding carboxylic acids is 3. The Morgan fingerprint density at radius 1 is 1.23 bits per heavy atom. The molecule has 1 N–H and O–H groups in total. The monoisotopic (exact) mass is 629 g/mol. The second-order valence-electron chi connectivity index (χ2n) is 11.2. The zero-order valence-corrected chi connectivity index (χ0v) is 25.4. The second kappa shape index (κ2) is 11.5. The zero-order chi connectivity index (χ0) is 30.6. The molecule has 13 nitrogen and oxygen atoms in total. The first-order valence-electron chi connectivity index (χ1n) is 13.9. The number of hydrogen-bond acceptors (Lipinski definition) is 12. The number of nitro benzene ring substituents is 1. The summed E-state index contributed by atoms with van der Waals surface area (Å²) < 4.78 is 10.8. The average Bonchev–Trinajstić information content (AvgIpc) is 3.50. The fourth-order valence-electron chi connectivity index (χ4n) is 5.87. The van der Waals surface area contributed by atoms with Crippen LogP contribution in [0.15, 0.2) is 40.2 Å². The van der Waals surface area contributed by atoms with Crippen molar-refractivity contribution >= 4 is 51.7 Å². The molecule has 4 aliphatic heterocycles. The van der Waals surface area contributed by atoms with Crippen molar-refractivity contribution < 1.29 is 33.9 Å². The number of esters is 1. The highest BCUT2D eigenvalue weighted by Gasteiger charge is 2.60. The minimum atomic E-state index is -0.851. The molecule has 1 aromatic carbocycles. The molecule has 2 aromatic rings. The summed E-state index contributed by atoms with van der Waals surface area (Å²) in [5.74, 6) is -1.83. The van der Waals surface area contributed by atoms with Crippen molar-refractivity contribution in [2.24, 2.45) is 11.8 Å². The topological polar surface area (TPSA) is 156 Å². The number of ether oxygens (including phenoxy) is 2. The molecule has 0 bridgehead atoms. The second-order valence-corrected chi connectivity index (χ2v) is 13.4. The molecule has 3 saturated heterocycles. The number of carbonyl (C=O) groups is 3. The number of fused-ring (bicyclic) bond motifs is 1. The highest BCUT2D eigenvalue weighted by molar-refractivity contribution is 8.03. The summed E-state index contributed by atoms with van der Waals surface area (Å²) in [4.78, 5) is 60.1. The number of amides is 2. The highest BCUT2D eigenvalue weighted by atomic mass is 32.2. The Morgan fingerprint density at radius 2 is 1.93 bits per heavy atom. The van der Waals surface area contributed by atoms with Gasteiger partial charge in [-0.05, 0) is 24.6 Å². The maximum absolute atomic E-state index is 13.4. The molecule has 0 saturated carbocycles. The third kappa shape index (κ3) is 5.28. The Morgan fingerprint density at radius 3 is 2.56 bits per heavy atom. The number of benzene rings is 1. The number of non-ortho nitro benzene ring substituents is 1. The van der Waals surface area contributed by atoms with E-state index in [1.165, 1.54) is 52.3 Å². The van der Waals surface area contributed by atoms with Crippen LogP contribution in [0.5, 0.6) is 0 Å². The number of nitrogens with zero attached hydrogens (tertiary/aromatic N) is 5. The van der Waals surface area contributed by atoms with E-state index < -0.39 is 22.9 Å². The predicted octanol–water partition coefficient (Wildman–Crippen LogP) is 2.26. The number of aliphatic hydroxyl groups excluding tert-OH is 1. The molecule has 3 fully saturated rings. The first kappa shape index (κ1) is 29.5. The van der Waals surface area contributed by atoms with E-state index in [0.29, 0.717) is 37.4 Å². The van der Waals surface area contributed by atoms with Gasteiger partial charge in [-0.3, -0.25) is 19.7 Å². The van der Waals surface area contributed by atoms with Crippen LogP contribution in [0.1, 0.15) is 29.9 Å². The maximum atomic E-state index is 13.4. The maximum Gasteiger partial charge on any atom is 0.356 e. The number of methoxy groups -OCH3 is 1. The van der Waals surface area contributed by atoms with Crippen molar-refractivity contribution in [1.82, 2.24) is 14.8 Å². The molecule has 15 heteroatoms. The van der Waals surface area contributed by atoms with E-state index in [4.69, 9.17) is 9.47 Å². The van der Waals surface area contributed by atoms with Gasteiger partial charge in [0.2, 0.25) is 5.91 Å². The Kier molecular flexibility index (Phi) is 7.91. The molecule has 6 rings (SSSR count). The van der Waals surface area contributed by atoms with Gasteiger partial charge in [-0.15, -0.1) is 23.1 Å². The van der Waals surface area contributed by atoms with Crippen molar-refractivity contribution in [1.29, 1.82) is 0 Å². The number of aromatic nitrogens is 1. The van der Waals surface area contributed by atoms with Crippen molar-refractivity contribution in [2.45, 2.75) is 44.0 Å². The molecular formula is C28H31N5O8S2. The largest absolute Gasteiger partial charge is 0.456 e. The van der Waals surface area contributed by atoms with Gasteiger partial charge < -0.3 is 29.3 Å². The van der Waals surface area contributed by atoms with Gasteiger partial charge in [0, 0.05) is 66.9 Å². The zero-order valence-electron chi connectivity index (χ0n) is 23.7. The van der Waals surface area contributed by atoms with Gasteiger partial charge in [0.1, 0.15) is 18.0 Å². The van der Waals surface area contributed by atoms with E-state index in [1.807, 2.05) is 6.92 Å². The number of hydrogen-bond donors (Lipinski definition) is 1. The lowest BCUT2D eigenvalue weighted by atomic mass is 9.79. The van der Waals surface area contributed by atoms with Gasteiger partial charge in [-0.1, -0.05) is 6.92 Å². The van der Waals surface area contributed by atoms with Crippen LogP contribution < -0.4 is 4.90 Å². The smallest absolute Gasteiger partial charge is 0.356 e. The molecule has 2 amide bonds. The van der Waals surface area contributed by atoms with Crippen LogP contribution in [0.25, 0.3) is 0 Å². The quantitative estimate of drug-likeness (QED) is 0.178. The molecule has 0 aliphatic carbocycles. The molecule has 0 unspecified atom stereocenters. The van der Waals surface area contributed by atoms with E-state index in [0.717, 1.165) is 10.0 Å². The SMILES string of the molecule is COC1CN(C(=O)c2csc(N3CC(SC4=C(C(=O)OCc5ccc([N+](=O)[O-])cc5)N5C(=O)[C@H]([C@@H](C)O)[C@H]5[C@H]4C)C3)n2)C1. The molecule has 43 heavy (non-hydrogen) atoms. The van der Waals surface area contributed by atoms with E-state index in [9.17, 15) is 29.6 Å². The third-order valence-electron chi connectivity index (χ3n) is 8.41. The van der Waals surface area contributed by atoms with Gasteiger partial charge >= 0.3 is 5.97 Å². The van der Waals surface area contributed by atoms with Gasteiger partial charge in [0.25, 0.3) is 11.6 Å². The number of aliphatic hydroxyl groups is 1. The average molecular weight is 630 g/mol. The summed E-state index contributed by atoms with van der Waals surface area (Å²) >= 11 is 2.95. The van der Waals surface area contributed by atoms with Crippen LogP contribution >= 0.6 is 23.1 Å². The van der Waals surface area contributed by atoms with Crippen LogP contribution in [0.4, 0.5) is 10.8 Å². The summed E-state index contributed by atoms with van der Waals surface area (Å²) in [7, 11) is 1.63. The summed E-state index contributed by atoms with van der Waals surface area (Å²) in [6.07, 6.45) is -0.777. The van der Waals surface area contributed by atoms with E-state index >= 15 is 0 Å². The summed E-state index contributed by atoms with van der Waals surface area (Å²) in [6.45, 7) is 5.86. The van der Waals surface area contributed by atoms with Crippen LogP contribution in [-0.4, -0.2) is 99.4 Å². The molecule has 1 aromatic heterocycles. The lowest BCUT2D eigenvalue weighted by molar-refractivity contribution is -0.384. The van der Waals surface area contributed by atoms with Crippen LogP contribution in [0, 0.1) is 22.0 Å². The van der Waals surface area contributed by atoms with Crippen molar-refractivity contribution in [2.75, 3.05) is 38.2 Å². The van der Waals surface area contributed by atoms with E-state index in [1.54, 1.807) is 24.3 Å². The number of likely N-dealkylation sites (tertiary alicyclic amines) is 1. The van der Waals surface area contributed by atoms with Gasteiger partial charge in [0.15, 0.2) is 5.13 Å². The first-order valence-corrected chi connectivity index (χ1v) is 15.7. The molecule has 4 atom stereocenters. The fourth-order valence-corrected chi connectivity index (χ4v) is 8.21. The number of rotatable bonds is 10. The number of nitro groups is 1. The Balaban J connectivity index is 1.12.